The van der Waals surface area contributed by atoms with Crippen molar-refractivity contribution in [2.24, 2.45) is 0 Å². The minimum absolute atomic E-state index is 0.397. The molecule has 2 aliphatic rings. The summed E-state index contributed by atoms with van der Waals surface area (Å²) >= 11 is 6.04. The minimum Gasteiger partial charge on any atom is -0.368 e. The van der Waals surface area contributed by atoms with E-state index in [4.69, 9.17) is 11.6 Å². The highest BCUT2D eigenvalue weighted by atomic mass is 35.5. The quantitative estimate of drug-likeness (QED) is 0.709. The fourth-order valence-corrected chi connectivity index (χ4v) is 4.29. The number of nitrogens with zero attached hydrogens (tertiary/aromatic N) is 3. The van der Waals surface area contributed by atoms with Crippen molar-refractivity contribution in [3.63, 3.8) is 0 Å². The predicted molar refractivity (Wildman–Crippen MR) is 114 cm³/mol. The van der Waals surface area contributed by atoms with Gasteiger partial charge in [-0.1, -0.05) is 23.7 Å². The summed E-state index contributed by atoms with van der Waals surface area (Å²) in [6, 6.07) is 9.72. The highest BCUT2D eigenvalue weighted by Gasteiger charge is 2.52. The minimum atomic E-state index is -1.93. The molecule has 0 saturated carbocycles. The van der Waals surface area contributed by atoms with Crippen LogP contribution in [0.4, 0.5) is 19.3 Å². The molecule has 0 aliphatic carbocycles. The summed E-state index contributed by atoms with van der Waals surface area (Å²) in [6.07, 6.45) is 0. The Bertz CT molecular complexity index is 1070. The predicted octanol–water partition coefficient (Wildman–Crippen LogP) is 2.73. The van der Waals surface area contributed by atoms with Crippen LogP contribution < -0.4 is 10.2 Å². The van der Waals surface area contributed by atoms with Crippen LogP contribution in [0, 0.1) is 11.6 Å². The number of amides is 4. The van der Waals surface area contributed by atoms with Gasteiger partial charge in [0.1, 0.15) is 23.7 Å². The maximum atomic E-state index is 14.3. The van der Waals surface area contributed by atoms with Gasteiger partial charge in [-0.15, -0.1) is 0 Å². The number of urea groups is 1. The number of nitrogens with one attached hydrogen (secondary N) is 1. The van der Waals surface area contributed by atoms with E-state index in [2.05, 4.69) is 10.2 Å². The van der Waals surface area contributed by atoms with Gasteiger partial charge in [-0.25, -0.2) is 13.6 Å². The lowest BCUT2D eigenvalue weighted by molar-refractivity contribution is -0.139. The van der Waals surface area contributed by atoms with E-state index >= 15 is 0 Å². The van der Waals surface area contributed by atoms with E-state index in [0.717, 1.165) is 17.8 Å². The number of carbonyl (C=O) groups is 3. The van der Waals surface area contributed by atoms with Gasteiger partial charge in [-0.05, 0) is 37.3 Å². The average Bonchev–Trinajstić information content (AvgIpc) is 2.97. The van der Waals surface area contributed by atoms with Gasteiger partial charge in [0.25, 0.3) is 5.91 Å². The molecule has 1 atom stereocenters. The third kappa shape index (κ3) is 3.88. The van der Waals surface area contributed by atoms with Crippen molar-refractivity contribution in [1.82, 2.24) is 15.1 Å². The number of halogens is 3. The van der Waals surface area contributed by atoms with Gasteiger partial charge in [0.05, 0.1) is 5.56 Å². The van der Waals surface area contributed by atoms with E-state index in [1.54, 1.807) is 11.0 Å². The molecule has 0 spiro atoms. The van der Waals surface area contributed by atoms with E-state index in [9.17, 15) is 23.2 Å². The third-order valence-corrected chi connectivity index (χ3v) is 6.07. The van der Waals surface area contributed by atoms with Crippen LogP contribution in [-0.2, 0) is 15.1 Å². The van der Waals surface area contributed by atoms with E-state index in [1.807, 2.05) is 18.2 Å². The number of benzene rings is 2. The highest BCUT2D eigenvalue weighted by Crippen LogP contribution is 2.32. The highest BCUT2D eigenvalue weighted by molar-refractivity contribution is 6.30. The number of anilines is 1. The molecule has 10 heteroatoms. The molecular formula is C22H21ClF2N4O3. The lowest BCUT2D eigenvalue weighted by atomic mass is 9.91. The van der Waals surface area contributed by atoms with Crippen LogP contribution in [-0.4, -0.2) is 60.4 Å². The van der Waals surface area contributed by atoms with Crippen LogP contribution >= 0.6 is 11.6 Å². The number of hydrogen-bond acceptors (Lipinski definition) is 4. The summed E-state index contributed by atoms with van der Waals surface area (Å²) in [5, 5.41) is 2.96. The van der Waals surface area contributed by atoms with Gasteiger partial charge >= 0.3 is 6.03 Å². The Balaban J connectivity index is 1.43. The molecule has 7 nitrogen and oxygen atoms in total. The van der Waals surface area contributed by atoms with Crippen LogP contribution in [0.5, 0.6) is 0 Å². The van der Waals surface area contributed by atoms with Crippen LogP contribution in [0.1, 0.15) is 12.5 Å². The van der Waals surface area contributed by atoms with E-state index in [1.165, 1.54) is 13.0 Å². The fourth-order valence-electron chi connectivity index (χ4n) is 4.11. The molecule has 0 aromatic heterocycles. The van der Waals surface area contributed by atoms with Crippen molar-refractivity contribution in [1.29, 1.82) is 0 Å². The molecule has 1 unspecified atom stereocenters. The molecule has 0 bridgehead atoms. The molecule has 32 heavy (non-hydrogen) atoms. The van der Waals surface area contributed by atoms with Crippen LogP contribution in [0.3, 0.4) is 0 Å². The van der Waals surface area contributed by atoms with Crippen LogP contribution in [0.25, 0.3) is 0 Å². The zero-order valence-corrected chi connectivity index (χ0v) is 18.0. The second-order valence-electron chi connectivity index (χ2n) is 7.89. The van der Waals surface area contributed by atoms with Crippen molar-refractivity contribution in [2.75, 3.05) is 37.6 Å². The molecule has 2 heterocycles. The van der Waals surface area contributed by atoms with Crippen molar-refractivity contribution in [3.05, 3.63) is 64.7 Å². The molecular weight excluding hydrogens is 442 g/mol. The molecule has 2 aromatic carbocycles. The zero-order chi connectivity index (χ0) is 23.0. The number of carbonyl (C=O) groups excluding carboxylic acids is 3. The molecule has 168 valence electrons. The van der Waals surface area contributed by atoms with Gasteiger partial charge in [0.2, 0.25) is 5.91 Å². The lowest BCUT2D eigenvalue weighted by Crippen LogP contribution is -2.52. The second kappa shape index (κ2) is 8.38. The van der Waals surface area contributed by atoms with Crippen molar-refractivity contribution < 1.29 is 23.2 Å². The standard InChI is InChI=1S/C22H21ClF2N4O3/c1-22(19-16(24)6-3-7-17(19)25)20(31)29(21(32)26-22)13-18(30)28-10-8-27(9-11-28)15-5-2-4-14(23)12-15/h2-7,12H,8-11,13H2,1H3,(H,26,32). The summed E-state index contributed by atoms with van der Waals surface area (Å²) < 4.78 is 28.6. The van der Waals surface area contributed by atoms with Gasteiger partial charge in [0, 0.05) is 36.9 Å². The maximum absolute atomic E-state index is 14.3. The van der Waals surface area contributed by atoms with Crippen molar-refractivity contribution in [3.8, 4) is 0 Å². The molecule has 2 fully saturated rings. The Labute approximate surface area is 188 Å². The Kier molecular flexibility index (Phi) is 5.77. The Morgan fingerprint density at radius 1 is 1.06 bits per heavy atom. The normalized spacial score (nSPS) is 21.2. The first-order valence-corrected chi connectivity index (χ1v) is 10.5. The fraction of sp³-hybridized carbons (Fsp3) is 0.318. The van der Waals surface area contributed by atoms with E-state index < -0.39 is 47.1 Å². The Morgan fingerprint density at radius 3 is 2.31 bits per heavy atom. The Hall–Kier alpha value is -3.20. The van der Waals surface area contributed by atoms with Crippen molar-refractivity contribution in [2.45, 2.75) is 12.5 Å². The van der Waals surface area contributed by atoms with Gasteiger partial charge in [-0.3, -0.25) is 14.5 Å². The molecule has 2 aliphatic heterocycles. The second-order valence-corrected chi connectivity index (χ2v) is 8.33. The summed E-state index contributed by atoms with van der Waals surface area (Å²) in [6.45, 7) is 2.63. The SMILES string of the molecule is CC1(c2c(F)cccc2F)NC(=O)N(CC(=O)N2CCN(c3cccc(Cl)c3)CC2)C1=O. The first-order chi connectivity index (χ1) is 15.2. The third-order valence-electron chi connectivity index (χ3n) is 5.84. The molecule has 4 amide bonds. The van der Waals surface area contributed by atoms with Crippen LogP contribution in [0.2, 0.25) is 5.02 Å². The lowest BCUT2D eigenvalue weighted by Gasteiger charge is -2.36. The van der Waals surface area contributed by atoms with Crippen LogP contribution in [0.15, 0.2) is 42.5 Å². The molecule has 4 rings (SSSR count). The zero-order valence-electron chi connectivity index (χ0n) is 17.3. The van der Waals surface area contributed by atoms with Crippen molar-refractivity contribution >= 4 is 35.1 Å². The molecule has 0 radical (unpaired) electrons. The van der Waals surface area contributed by atoms with E-state index in [0.29, 0.717) is 36.1 Å². The number of rotatable bonds is 4. The van der Waals surface area contributed by atoms with Gasteiger partial charge in [0.15, 0.2) is 0 Å². The number of piperazine rings is 1. The summed E-state index contributed by atoms with van der Waals surface area (Å²) in [5.41, 5.74) is -1.54. The average molecular weight is 463 g/mol. The summed E-state index contributed by atoms with van der Waals surface area (Å²) in [5.74, 6) is -3.20. The molecule has 1 N–H and O–H groups in total. The maximum Gasteiger partial charge on any atom is 0.325 e. The summed E-state index contributed by atoms with van der Waals surface area (Å²) in [4.78, 5) is 42.5. The number of imide groups is 1. The Morgan fingerprint density at radius 2 is 1.69 bits per heavy atom. The first-order valence-electron chi connectivity index (χ1n) is 10.1. The first kappa shape index (κ1) is 22.0. The monoisotopic (exact) mass is 462 g/mol. The van der Waals surface area contributed by atoms with Gasteiger partial charge in [-0.2, -0.15) is 0 Å². The smallest absolute Gasteiger partial charge is 0.325 e. The molecule has 2 aromatic rings. The largest absolute Gasteiger partial charge is 0.368 e. The molecule has 2 saturated heterocycles. The topological polar surface area (TPSA) is 73.0 Å². The number of hydrogen-bond donors (Lipinski definition) is 1. The van der Waals surface area contributed by atoms with Gasteiger partial charge < -0.3 is 15.1 Å². The van der Waals surface area contributed by atoms with E-state index in [-0.39, 0.29) is 0 Å². The summed E-state index contributed by atoms with van der Waals surface area (Å²) in [7, 11) is 0.